The normalized spacial score (nSPS) is 13.5. The molecule has 0 aliphatic heterocycles. The summed E-state index contributed by atoms with van der Waals surface area (Å²) in [5.74, 6) is 0. The molecule has 1 aliphatic carbocycles. The molecule has 1 aliphatic rings. The Morgan fingerprint density at radius 3 is 2.57 bits per heavy atom. The first-order valence-corrected chi connectivity index (χ1v) is 7.47. The smallest absolute Gasteiger partial charge is 0.0320 e. The number of hydrogen-bond donors (Lipinski definition) is 1. The van der Waals surface area contributed by atoms with Gasteiger partial charge in [0, 0.05) is 5.69 Å². The Hall–Kier alpha value is -2.54. The zero-order chi connectivity index (χ0) is 14.0. The monoisotopic (exact) mass is 269 g/mol. The quantitative estimate of drug-likeness (QED) is 0.276. The van der Waals surface area contributed by atoms with E-state index >= 15 is 0 Å². The first-order valence-electron chi connectivity index (χ1n) is 7.47. The molecule has 0 unspecified atom stereocenters. The molecule has 0 radical (unpaired) electrons. The van der Waals surface area contributed by atoms with Crippen LogP contribution in [0.4, 0.5) is 5.69 Å². The number of nitrogens with two attached hydrogens (primary N) is 1. The molecule has 0 bridgehead atoms. The third kappa shape index (κ3) is 1.41. The fourth-order valence-corrected chi connectivity index (χ4v) is 3.92. The summed E-state index contributed by atoms with van der Waals surface area (Å²) in [7, 11) is 0. The van der Waals surface area contributed by atoms with Crippen LogP contribution in [-0.4, -0.2) is 0 Å². The molecule has 5 rings (SSSR count). The van der Waals surface area contributed by atoms with Gasteiger partial charge in [-0.15, -0.1) is 0 Å². The van der Waals surface area contributed by atoms with Crippen LogP contribution in [0.2, 0.25) is 0 Å². The van der Waals surface area contributed by atoms with Crippen molar-refractivity contribution in [1.29, 1.82) is 0 Å². The van der Waals surface area contributed by atoms with Crippen molar-refractivity contribution < 1.29 is 0 Å². The Balaban J connectivity index is 2.06. The van der Waals surface area contributed by atoms with Crippen LogP contribution in [0, 0.1) is 0 Å². The number of nitrogen functional groups attached to an aromatic ring is 1. The summed E-state index contributed by atoms with van der Waals surface area (Å²) in [6, 6.07) is 19.7. The molecule has 0 saturated carbocycles. The van der Waals surface area contributed by atoms with Crippen molar-refractivity contribution in [2.75, 3.05) is 5.73 Å². The minimum absolute atomic E-state index is 0.828. The van der Waals surface area contributed by atoms with Gasteiger partial charge in [-0.25, -0.2) is 0 Å². The number of benzene rings is 4. The molecule has 0 amide bonds. The number of aryl methyl sites for hydroxylation is 2. The SMILES string of the molecule is Nc1ccc2c(ccc3c4c5c(cccc5cc32)CC4)c1. The van der Waals surface area contributed by atoms with E-state index in [1.54, 1.807) is 0 Å². The molecule has 4 aromatic rings. The maximum absolute atomic E-state index is 5.92. The fourth-order valence-electron chi connectivity index (χ4n) is 3.92. The lowest BCUT2D eigenvalue weighted by Gasteiger charge is -2.10. The van der Waals surface area contributed by atoms with E-state index in [1.807, 2.05) is 6.07 Å². The Morgan fingerprint density at radius 2 is 1.62 bits per heavy atom. The van der Waals surface area contributed by atoms with E-state index in [9.17, 15) is 0 Å². The summed E-state index contributed by atoms with van der Waals surface area (Å²) in [4.78, 5) is 0. The minimum Gasteiger partial charge on any atom is -0.399 e. The highest BCUT2D eigenvalue weighted by Crippen LogP contribution is 2.39. The molecule has 1 nitrogen and oxygen atoms in total. The van der Waals surface area contributed by atoms with E-state index in [1.165, 1.54) is 49.9 Å². The van der Waals surface area contributed by atoms with E-state index < -0.39 is 0 Å². The van der Waals surface area contributed by atoms with Gasteiger partial charge in [-0.2, -0.15) is 0 Å². The number of fused-ring (bicyclic) bond motifs is 4. The number of rotatable bonds is 0. The zero-order valence-electron chi connectivity index (χ0n) is 11.7. The lowest BCUT2D eigenvalue weighted by atomic mass is 9.94. The summed E-state index contributed by atoms with van der Waals surface area (Å²) >= 11 is 0. The van der Waals surface area contributed by atoms with Crippen molar-refractivity contribution in [3.05, 3.63) is 65.7 Å². The lowest BCUT2D eigenvalue weighted by molar-refractivity contribution is 1.03. The molecule has 4 aromatic carbocycles. The Kier molecular flexibility index (Phi) is 2.00. The van der Waals surface area contributed by atoms with E-state index in [-0.39, 0.29) is 0 Å². The van der Waals surface area contributed by atoms with E-state index in [2.05, 4.69) is 48.5 Å². The van der Waals surface area contributed by atoms with Crippen molar-refractivity contribution in [2.24, 2.45) is 0 Å². The minimum atomic E-state index is 0.828. The van der Waals surface area contributed by atoms with Crippen LogP contribution in [0.5, 0.6) is 0 Å². The largest absolute Gasteiger partial charge is 0.399 e. The molecule has 2 N–H and O–H groups in total. The van der Waals surface area contributed by atoms with Gasteiger partial charge in [0.15, 0.2) is 0 Å². The van der Waals surface area contributed by atoms with Gasteiger partial charge in [0.05, 0.1) is 0 Å². The molecular formula is C20H15N. The number of anilines is 1. The van der Waals surface area contributed by atoms with Crippen molar-refractivity contribution in [2.45, 2.75) is 12.8 Å². The van der Waals surface area contributed by atoms with Gasteiger partial charge in [-0.3, -0.25) is 0 Å². The van der Waals surface area contributed by atoms with Gasteiger partial charge in [-0.05, 0) is 74.5 Å². The Morgan fingerprint density at radius 1 is 0.714 bits per heavy atom. The second kappa shape index (κ2) is 3.76. The Labute approximate surface area is 123 Å². The maximum Gasteiger partial charge on any atom is 0.0320 e. The van der Waals surface area contributed by atoms with Crippen molar-refractivity contribution in [1.82, 2.24) is 0 Å². The molecule has 0 spiro atoms. The van der Waals surface area contributed by atoms with Crippen LogP contribution < -0.4 is 5.73 Å². The molecule has 100 valence electrons. The summed E-state index contributed by atoms with van der Waals surface area (Å²) in [6.45, 7) is 0. The third-order valence-electron chi connectivity index (χ3n) is 4.84. The first-order chi connectivity index (χ1) is 10.3. The zero-order valence-corrected chi connectivity index (χ0v) is 11.7. The molecule has 0 atom stereocenters. The molecule has 1 heteroatoms. The highest BCUT2D eigenvalue weighted by molar-refractivity contribution is 6.15. The van der Waals surface area contributed by atoms with Crippen LogP contribution in [-0.2, 0) is 12.8 Å². The molecule has 0 heterocycles. The van der Waals surface area contributed by atoms with Crippen LogP contribution in [0.3, 0.4) is 0 Å². The van der Waals surface area contributed by atoms with Gasteiger partial charge < -0.3 is 5.73 Å². The lowest BCUT2D eigenvalue weighted by Crippen LogP contribution is -1.87. The second-order valence-electron chi connectivity index (χ2n) is 6.01. The average Bonchev–Trinajstić information content (AvgIpc) is 2.93. The van der Waals surface area contributed by atoms with Crippen LogP contribution in [0.1, 0.15) is 11.1 Å². The second-order valence-corrected chi connectivity index (χ2v) is 6.01. The van der Waals surface area contributed by atoms with Gasteiger partial charge in [0.25, 0.3) is 0 Å². The topological polar surface area (TPSA) is 26.0 Å². The summed E-state index contributed by atoms with van der Waals surface area (Å²) in [5.41, 5.74) is 9.78. The molecular weight excluding hydrogens is 254 g/mol. The average molecular weight is 269 g/mol. The highest BCUT2D eigenvalue weighted by atomic mass is 14.5. The third-order valence-corrected chi connectivity index (χ3v) is 4.84. The fraction of sp³-hybridized carbons (Fsp3) is 0.100. The molecule has 0 saturated heterocycles. The van der Waals surface area contributed by atoms with E-state index in [4.69, 9.17) is 5.73 Å². The summed E-state index contributed by atoms with van der Waals surface area (Å²) < 4.78 is 0. The molecule has 21 heavy (non-hydrogen) atoms. The van der Waals surface area contributed by atoms with E-state index in [0.717, 1.165) is 12.1 Å². The standard InChI is InChI=1S/C20H15N/c21-15-6-9-16-13(10-15)5-7-17-18-8-4-12-2-1-3-14(20(12)18)11-19(16)17/h1-3,5-7,9-11H,4,8,21H2. The predicted octanol–water partition coefficient (Wildman–Crippen LogP) is 4.83. The summed E-state index contributed by atoms with van der Waals surface area (Å²) in [6.07, 6.45) is 2.33. The van der Waals surface area contributed by atoms with Crippen molar-refractivity contribution in [3.63, 3.8) is 0 Å². The molecule has 0 aromatic heterocycles. The van der Waals surface area contributed by atoms with Crippen LogP contribution in [0.25, 0.3) is 32.3 Å². The van der Waals surface area contributed by atoms with Crippen molar-refractivity contribution in [3.8, 4) is 0 Å². The summed E-state index contributed by atoms with van der Waals surface area (Å²) in [5, 5.41) is 8.15. The molecule has 0 fully saturated rings. The first kappa shape index (κ1) is 11.2. The predicted molar refractivity (Wildman–Crippen MR) is 90.8 cm³/mol. The van der Waals surface area contributed by atoms with Gasteiger partial charge >= 0.3 is 0 Å². The van der Waals surface area contributed by atoms with E-state index in [0.29, 0.717) is 0 Å². The van der Waals surface area contributed by atoms with Crippen LogP contribution >= 0.6 is 0 Å². The van der Waals surface area contributed by atoms with Gasteiger partial charge in [-0.1, -0.05) is 36.4 Å². The Bertz CT molecular complexity index is 1040. The van der Waals surface area contributed by atoms with Gasteiger partial charge in [0.1, 0.15) is 0 Å². The van der Waals surface area contributed by atoms with Crippen molar-refractivity contribution >= 4 is 38.0 Å². The number of hydrogen-bond acceptors (Lipinski definition) is 1. The van der Waals surface area contributed by atoms with Crippen LogP contribution in [0.15, 0.2) is 54.6 Å². The highest BCUT2D eigenvalue weighted by Gasteiger charge is 2.17. The maximum atomic E-state index is 5.92. The van der Waals surface area contributed by atoms with Gasteiger partial charge in [0.2, 0.25) is 0 Å².